The minimum atomic E-state index is -0.192. The van der Waals surface area contributed by atoms with Gasteiger partial charge in [-0.3, -0.25) is 4.79 Å². The van der Waals surface area contributed by atoms with E-state index in [2.05, 4.69) is 27.7 Å². The summed E-state index contributed by atoms with van der Waals surface area (Å²) in [6.45, 7) is 14.6. The smallest absolute Gasteiger partial charge is 0.141 e. The number of hydrogen-bond donors (Lipinski definition) is 0. The van der Waals surface area contributed by atoms with Crippen molar-refractivity contribution in [1.29, 1.82) is 0 Å². The fraction of sp³-hybridized carbons (Fsp3) is 0.917. The highest BCUT2D eigenvalue weighted by Gasteiger charge is 2.30. The van der Waals surface area contributed by atoms with Gasteiger partial charge in [-0.05, 0) is 11.8 Å². The fourth-order valence-electron chi connectivity index (χ4n) is 1.50. The molecule has 0 rings (SSSR count). The van der Waals surface area contributed by atoms with E-state index in [0.29, 0.717) is 17.6 Å². The minimum absolute atomic E-state index is 0.181. The van der Waals surface area contributed by atoms with Gasteiger partial charge in [0.2, 0.25) is 0 Å². The predicted molar refractivity (Wildman–Crippen MR) is 57.6 cm³/mol. The van der Waals surface area contributed by atoms with E-state index in [-0.39, 0.29) is 11.3 Å². The summed E-state index contributed by atoms with van der Waals surface area (Å²) in [7, 11) is 0. The summed E-state index contributed by atoms with van der Waals surface area (Å²) in [6.07, 6.45) is 0. The lowest BCUT2D eigenvalue weighted by molar-refractivity contribution is -0.131. The maximum atomic E-state index is 11.9. The molecule has 0 radical (unpaired) electrons. The Hall–Kier alpha value is -0.330. The highest BCUT2D eigenvalue weighted by Crippen LogP contribution is 2.28. The minimum Gasteiger partial charge on any atom is -0.299 e. The summed E-state index contributed by atoms with van der Waals surface area (Å²) in [5.41, 5.74) is -0.192. The molecule has 0 unspecified atom stereocenters. The van der Waals surface area contributed by atoms with Crippen molar-refractivity contribution in [2.75, 3.05) is 0 Å². The Labute approximate surface area is 82.9 Å². The van der Waals surface area contributed by atoms with Crippen LogP contribution >= 0.6 is 0 Å². The number of ketones is 1. The summed E-state index contributed by atoms with van der Waals surface area (Å²) in [6, 6.07) is 0. The molecule has 0 aromatic heterocycles. The van der Waals surface area contributed by atoms with Crippen LogP contribution in [0.25, 0.3) is 0 Å². The third-order valence-corrected chi connectivity index (χ3v) is 2.99. The maximum absolute atomic E-state index is 11.9. The van der Waals surface area contributed by atoms with Crippen molar-refractivity contribution in [3.8, 4) is 0 Å². The summed E-state index contributed by atoms with van der Waals surface area (Å²) < 4.78 is 0. The second kappa shape index (κ2) is 4.26. The number of Topliss-reactive ketones (excluding diaryl/α,β-unsaturated/α-hetero) is 1. The molecule has 13 heavy (non-hydrogen) atoms. The molecule has 78 valence electrons. The van der Waals surface area contributed by atoms with E-state index in [4.69, 9.17) is 0 Å². The molecule has 2 atom stereocenters. The molecule has 0 bridgehead atoms. The van der Waals surface area contributed by atoms with Crippen molar-refractivity contribution in [1.82, 2.24) is 0 Å². The monoisotopic (exact) mass is 184 g/mol. The molecule has 0 aliphatic rings. The Balaban J connectivity index is 4.44. The molecule has 0 fully saturated rings. The summed E-state index contributed by atoms with van der Waals surface area (Å²) in [4.78, 5) is 11.9. The standard InChI is InChI=1S/C12H24O/c1-8(2)9(3)10(4)11(13)12(5,6)7/h8-10H,1-7H3/t9-,10-/m0/s1. The Morgan fingerprint density at radius 3 is 1.62 bits per heavy atom. The molecule has 0 heterocycles. The molecule has 0 saturated heterocycles. The Kier molecular flexibility index (Phi) is 4.15. The number of rotatable bonds is 3. The Morgan fingerprint density at radius 2 is 1.38 bits per heavy atom. The van der Waals surface area contributed by atoms with Crippen LogP contribution in [0.15, 0.2) is 0 Å². The first-order valence-corrected chi connectivity index (χ1v) is 5.22. The third-order valence-electron chi connectivity index (χ3n) is 2.99. The quantitative estimate of drug-likeness (QED) is 0.655. The zero-order valence-corrected chi connectivity index (χ0v) is 10.1. The summed E-state index contributed by atoms with van der Waals surface area (Å²) >= 11 is 0. The zero-order valence-electron chi connectivity index (χ0n) is 10.1. The van der Waals surface area contributed by atoms with E-state index in [1.54, 1.807) is 0 Å². The Bertz CT molecular complexity index is 174. The Morgan fingerprint density at radius 1 is 1.00 bits per heavy atom. The first kappa shape index (κ1) is 12.7. The predicted octanol–water partition coefficient (Wildman–Crippen LogP) is 3.53. The van der Waals surface area contributed by atoms with Crippen molar-refractivity contribution in [2.24, 2.45) is 23.2 Å². The van der Waals surface area contributed by atoms with Crippen LogP contribution in [0, 0.1) is 23.2 Å². The molecule has 0 N–H and O–H groups in total. The van der Waals surface area contributed by atoms with Crippen LogP contribution in [0.5, 0.6) is 0 Å². The van der Waals surface area contributed by atoms with Crippen molar-refractivity contribution >= 4 is 5.78 Å². The summed E-state index contributed by atoms with van der Waals surface area (Å²) in [5, 5.41) is 0. The lowest BCUT2D eigenvalue weighted by atomic mass is 9.75. The third kappa shape index (κ3) is 3.50. The van der Waals surface area contributed by atoms with Crippen LogP contribution in [0.1, 0.15) is 48.5 Å². The van der Waals surface area contributed by atoms with Crippen molar-refractivity contribution in [3.63, 3.8) is 0 Å². The van der Waals surface area contributed by atoms with Gasteiger partial charge in [-0.2, -0.15) is 0 Å². The molecule has 0 amide bonds. The van der Waals surface area contributed by atoms with Crippen molar-refractivity contribution in [2.45, 2.75) is 48.5 Å². The van der Waals surface area contributed by atoms with Gasteiger partial charge in [0.15, 0.2) is 0 Å². The lowest BCUT2D eigenvalue weighted by Crippen LogP contribution is -2.32. The van der Waals surface area contributed by atoms with Gasteiger partial charge in [-0.25, -0.2) is 0 Å². The number of hydrogen-bond acceptors (Lipinski definition) is 1. The van der Waals surface area contributed by atoms with E-state index in [0.717, 1.165) is 0 Å². The first-order valence-electron chi connectivity index (χ1n) is 5.22. The molecule has 0 aromatic rings. The second-order valence-corrected chi connectivity index (χ2v) is 5.51. The SMILES string of the molecule is CC(C)[C@H](C)[C@H](C)C(=O)C(C)(C)C. The van der Waals surface area contributed by atoms with E-state index < -0.39 is 0 Å². The molecule has 0 saturated carbocycles. The van der Waals surface area contributed by atoms with Crippen LogP contribution in [0.3, 0.4) is 0 Å². The van der Waals surface area contributed by atoms with Crippen LogP contribution in [0.2, 0.25) is 0 Å². The molecule has 1 heteroatoms. The van der Waals surface area contributed by atoms with Gasteiger partial charge in [0.05, 0.1) is 0 Å². The van der Waals surface area contributed by atoms with Gasteiger partial charge in [0.25, 0.3) is 0 Å². The average molecular weight is 184 g/mol. The molecule has 0 spiro atoms. The summed E-state index contributed by atoms with van der Waals surface area (Å²) in [5.74, 6) is 1.63. The van der Waals surface area contributed by atoms with E-state index >= 15 is 0 Å². The molecule has 0 aromatic carbocycles. The molecular weight excluding hydrogens is 160 g/mol. The molecule has 1 nitrogen and oxygen atoms in total. The largest absolute Gasteiger partial charge is 0.299 e. The van der Waals surface area contributed by atoms with Gasteiger partial charge >= 0.3 is 0 Å². The topological polar surface area (TPSA) is 17.1 Å². The first-order chi connectivity index (χ1) is 5.68. The highest BCUT2D eigenvalue weighted by molar-refractivity contribution is 5.85. The van der Waals surface area contributed by atoms with Gasteiger partial charge in [-0.1, -0.05) is 48.5 Å². The highest BCUT2D eigenvalue weighted by atomic mass is 16.1. The maximum Gasteiger partial charge on any atom is 0.141 e. The van der Waals surface area contributed by atoms with Gasteiger partial charge in [0, 0.05) is 11.3 Å². The van der Waals surface area contributed by atoms with E-state index in [1.165, 1.54) is 0 Å². The fourth-order valence-corrected chi connectivity index (χ4v) is 1.50. The number of carbonyl (C=O) groups excluding carboxylic acids is 1. The van der Waals surface area contributed by atoms with E-state index in [9.17, 15) is 4.79 Å². The van der Waals surface area contributed by atoms with Crippen molar-refractivity contribution < 1.29 is 4.79 Å². The van der Waals surface area contributed by atoms with Gasteiger partial charge in [-0.15, -0.1) is 0 Å². The van der Waals surface area contributed by atoms with Crippen molar-refractivity contribution in [3.05, 3.63) is 0 Å². The van der Waals surface area contributed by atoms with Gasteiger partial charge < -0.3 is 0 Å². The molecule has 0 aliphatic carbocycles. The van der Waals surface area contributed by atoms with Crippen LogP contribution in [-0.2, 0) is 4.79 Å². The normalized spacial score (nSPS) is 17.2. The van der Waals surface area contributed by atoms with Crippen LogP contribution in [-0.4, -0.2) is 5.78 Å². The average Bonchev–Trinajstić information content (AvgIpc) is 1.98. The van der Waals surface area contributed by atoms with Crippen LogP contribution < -0.4 is 0 Å². The van der Waals surface area contributed by atoms with Gasteiger partial charge in [0.1, 0.15) is 5.78 Å². The zero-order chi connectivity index (χ0) is 10.8. The number of carbonyl (C=O) groups is 1. The van der Waals surface area contributed by atoms with E-state index in [1.807, 2.05) is 20.8 Å². The molecular formula is C12H24O. The molecule has 0 aliphatic heterocycles. The lowest BCUT2D eigenvalue weighted by Gasteiger charge is -2.28. The van der Waals surface area contributed by atoms with Crippen LogP contribution in [0.4, 0.5) is 0 Å². The second-order valence-electron chi connectivity index (χ2n) is 5.51.